The quantitative estimate of drug-likeness (QED) is 0.824. The summed E-state index contributed by atoms with van der Waals surface area (Å²) in [5.74, 6) is 0.450. The number of benzene rings is 1. The summed E-state index contributed by atoms with van der Waals surface area (Å²) in [4.78, 5) is 12.3. The molecule has 0 heterocycles. The molecule has 1 saturated carbocycles. The molecule has 104 valence electrons. The summed E-state index contributed by atoms with van der Waals surface area (Å²) in [7, 11) is 0. The lowest BCUT2D eigenvalue weighted by Crippen LogP contribution is -2.38. The Morgan fingerprint density at radius 2 is 1.95 bits per heavy atom. The molecule has 1 aromatic carbocycles. The predicted octanol–water partition coefficient (Wildman–Crippen LogP) is 2.28. The highest BCUT2D eigenvalue weighted by atomic mass is 16.1. The SMILES string of the molecule is CC(C)C1(CNC(=O)C(CN)c2ccccc2)CC1. The third-order valence-corrected chi connectivity index (χ3v) is 4.49. The van der Waals surface area contributed by atoms with Gasteiger partial charge < -0.3 is 11.1 Å². The Morgan fingerprint density at radius 1 is 1.32 bits per heavy atom. The number of nitrogens with two attached hydrogens (primary N) is 1. The van der Waals surface area contributed by atoms with Crippen molar-refractivity contribution in [1.29, 1.82) is 0 Å². The van der Waals surface area contributed by atoms with Crippen molar-refractivity contribution in [3.05, 3.63) is 35.9 Å². The van der Waals surface area contributed by atoms with Gasteiger partial charge in [0.25, 0.3) is 0 Å². The Balaban J connectivity index is 1.95. The lowest BCUT2D eigenvalue weighted by Gasteiger charge is -2.22. The smallest absolute Gasteiger partial charge is 0.228 e. The van der Waals surface area contributed by atoms with E-state index in [0.717, 1.165) is 12.1 Å². The molecule has 0 aliphatic heterocycles. The fraction of sp³-hybridized carbons (Fsp3) is 0.562. The molecule has 3 nitrogen and oxygen atoms in total. The topological polar surface area (TPSA) is 55.1 Å². The van der Waals surface area contributed by atoms with Crippen LogP contribution in [0.2, 0.25) is 0 Å². The Hall–Kier alpha value is -1.35. The van der Waals surface area contributed by atoms with Gasteiger partial charge in [0.05, 0.1) is 5.92 Å². The van der Waals surface area contributed by atoms with E-state index in [9.17, 15) is 4.79 Å². The molecule has 3 heteroatoms. The highest BCUT2D eigenvalue weighted by molar-refractivity contribution is 5.84. The number of hydrogen-bond donors (Lipinski definition) is 2. The molecule has 19 heavy (non-hydrogen) atoms. The minimum atomic E-state index is -0.232. The van der Waals surface area contributed by atoms with Gasteiger partial charge in [0.15, 0.2) is 0 Å². The van der Waals surface area contributed by atoms with Crippen LogP contribution < -0.4 is 11.1 Å². The molecule has 1 aromatic rings. The van der Waals surface area contributed by atoms with Crippen LogP contribution in [-0.2, 0) is 4.79 Å². The minimum absolute atomic E-state index is 0.0561. The summed E-state index contributed by atoms with van der Waals surface area (Å²) in [5, 5.41) is 3.10. The normalized spacial score (nSPS) is 18.1. The summed E-state index contributed by atoms with van der Waals surface area (Å²) in [6, 6.07) is 9.77. The van der Waals surface area contributed by atoms with Gasteiger partial charge in [0.1, 0.15) is 0 Å². The standard InChI is InChI=1S/C16H24N2O/c1-12(2)16(8-9-16)11-18-15(19)14(10-17)13-6-4-3-5-7-13/h3-7,12,14H,8-11,17H2,1-2H3,(H,18,19). The van der Waals surface area contributed by atoms with E-state index >= 15 is 0 Å². The fourth-order valence-electron chi connectivity index (χ4n) is 2.58. The van der Waals surface area contributed by atoms with E-state index < -0.39 is 0 Å². The average Bonchev–Trinajstić information content (AvgIpc) is 3.20. The van der Waals surface area contributed by atoms with Crippen molar-refractivity contribution < 1.29 is 4.79 Å². The molecular weight excluding hydrogens is 236 g/mol. The van der Waals surface area contributed by atoms with Crippen LogP contribution in [0.15, 0.2) is 30.3 Å². The van der Waals surface area contributed by atoms with E-state index in [4.69, 9.17) is 5.73 Å². The van der Waals surface area contributed by atoms with Gasteiger partial charge in [0, 0.05) is 13.1 Å². The molecule has 1 amide bonds. The van der Waals surface area contributed by atoms with Gasteiger partial charge in [0.2, 0.25) is 5.91 Å². The van der Waals surface area contributed by atoms with E-state index in [0.29, 0.717) is 17.9 Å². The van der Waals surface area contributed by atoms with Crippen LogP contribution in [0, 0.1) is 11.3 Å². The first kappa shape index (κ1) is 14.1. The second-order valence-electron chi connectivity index (χ2n) is 5.93. The van der Waals surface area contributed by atoms with Crippen molar-refractivity contribution >= 4 is 5.91 Å². The number of carbonyl (C=O) groups is 1. The Labute approximate surface area is 115 Å². The fourth-order valence-corrected chi connectivity index (χ4v) is 2.58. The van der Waals surface area contributed by atoms with Crippen molar-refractivity contribution in [2.24, 2.45) is 17.1 Å². The summed E-state index contributed by atoms with van der Waals surface area (Å²) in [6.45, 7) is 5.60. The lowest BCUT2D eigenvalue weighted by molar-refractivity contribution is -0.122. The number of hydrogen-bond acceptors (Lipinski definition) is 2. The first-order valence-corrected chi connectivity index (χ1v) is 7.12. The van der Waals surface area contributed by atoms with Gasteiger partial charge in [-0.15, -0.1) is 0 Å². The zero-order chi connectivity index (χ0) is 13.9. The highest BCUT2D eigenvalue weighted by Crippen LogP contribution is 2.51. The molecule has 0 saturated heterocycles. The molecular formula is C16H24N2O. The molecule has 1 fully saturated rings. The highest BCUT2D eigenvalue weighted by Gasteiger charge is 2.45. The Kier molecular flexibility index (Phi) is 4.25. The molecule has 0 aromatic heterocycles. The molecule has 0 radical (unpaired) electrons. The third-order valence-electron chi connectivity index (χ3n) is 4.49. The Morgan fingerprint density at radius 3 is 2.42 bits per heavy atom. The van der Waals surface area contributed by atoms with E-state index in [2.05, 4.69) is 19.2 Å². The summed E-state index contributed by atoms with van der Waals surface area (Å²) in [5.41, 5.74) is 7.10. The van der Waals surface area contributed by atoms with Crippen LogP contribution in [0.25, 0.3) is 0 Å². The van der Waals surface area contributed by atoms with E-state index in [1.165, 1.54) is 12.8 Å². The number of amides is 1. The maximum atomic E-state index is 12.3. The summed E-state index contributed by atoms with van der Waals surface area (Å²) in [6.07, 6.45) is 2.45. The van der Waals surface area contributed by atoms with Crippen molar-refractivity contribution in [2.75, 3.05) is 13.1 Å². The molecule has 1 aliphatic rings. The maximum Gasteiger partial charge on any atom is 0.228 e. The number of carbonyl (C=O) groups excluding carboxylic acids is 1. The second kappa shape index (κ2) is 5.74. The van der Waals surface area contributed by atoms with Gasteiger partial charge in [-0.3, -0.25) is 4.79 Å². The molecule has 0 bridgehead atoms. The average molecular weight is 260 g/mol. The van der Waals surface area contributed by atoms with Crippen LogP contribution in [0.4, 0.5) is 0 Å². The van der Waals surface area contributed by atoms with Crippen LogP contribution in [0.5, 0.6) is 0 Å². The molecule has 1 unspecified atom stereocenters. The van der Waals surface area contributed by atoms with Crippen molar-refractivity contribution in [3.63, 3.8) is 0 Å². The van der Waals surface area contributed by atoms with Crippen LogP contribution in [0.3, 0.4) is 0 Å². The predicted molar refractivity (Wildman–Crippen MR) is 77.8 cm³/mol. The number of rotatable bonds is 6. The van der Waals surface area contributed by atoms with Crippen molar-refractivity contribution in [3.8, 4) is 0 Å². The van der Waals surface area contributed by atoms with Crippen LogP contribution in [-0.4, -0.2) is 19.0 Å². The van der Waals surface area contributed by atoms with E-state index in [1.54, 1.807) is 0 Å². The van der Waals surface area contributed by atoms with Gasteiger partial charge in [-0.25, -0.2) is 0 Å². The van der Waals surface area contributed by atoms with Gasteiger partial charge in [-0.2, -0.15) is 0 Å². The molecule has 3 N–H and O–H groups in total. The van der Waals surface area contributed by atoms with Crippen LogP contribution >= 0.6 is 0 Å². The zero-order valence-electron chi connectivity index (χ0n) is 11.9. The van der Waals surface area contributed by atoms with Crippen LogP contribution in [0.1, 0.15) is 38.2 Å². The Bertz CT molecular complexity index is 424. The largest absolute Gasteiger partial charge is 0.355 e. The molecule has 2 rings (SSSR count). The van der Waals surface area contributed by atoms with Crippen molar-refractivity contribution in [1.82, 2.24) is 5.32 Å². The molecule has 0 spiro atoms. The summed E-state index contributed by atoms with van der Waals surface area (Å²) < 4.78 is 0. The van der Waals surface area contributed by atoms with Gasteiger partial charge in [-0.05, 0) is 29.7 Å². The first-order chi connectivity index (χ1) is 9.09. The monoisotopic (exact) mass is 260 g/mol. The van der Waals surface area contributed by atoms with E-state index in [-0.39, 0.29) is 11.8 Å². The van der Waals surface area contributed by atoms with E-state index in [1.807, 2.05) is 30.3 Å². The minimum Gasteiger partial charge on any atom is -0.355 e. The number of nitrogens with one attached hydrogen (secondary N) is 1. The van der Waals surface area contributed by atoms with Gasteiger partial charge in [-0.1, -0.05) is 44.2 Å². The maximum absolute atomic E-state index is 12.3. The zero-order valence-corrected chi connectivity index (χ0v) is 11.9. The second-order valence-corrected chi connectivity index (χ2v) is 5.93. The third kappa shape index (κ3) is 3.16. The molecule has 1 aliphatic carbocycles. The van der Waals surface area contributed by atoms with Crippen molar-refractivity contribution in [2.45, 2.75) is 32.6 Å². The first-order valence-electron chi connectivity index (χ1n) is 7.12. The van der Waals surface area contributed by atoms with Gasteiger partial charge >= 0.3 is 0 Å². The molecule has 1 atom stereocenters. The lowest BCUT2D eigenvalue weighted by atomic mass is 9.91. The summed E-state index contributed by atoms with van der Waals surface area (Å²) >= 11 is 0.